The van der Waals surface area contributed by atoms with E-state index in [2.05, 4.69) is 45.9 Å². The molecule has 2 heterocycles. The molecule has 1 unspecified atom stereocenters. The Bertz CT molecular complexity index is 727. The number of hydrogen-bond acceptors (Lipinski definition) is 3. The van der Waals surface area contributed by atoms with Gasteiger partial charge in [-0.1, -0.05) is 49.6 Å². The summed E-state index contributed by atoms with van der Waals surface area (Å²) in [6.07, 6.45) is 9.75. The smallest absolute Gasteiger partial charge is 0.315 e. The highest BCUT2D eigenvalue weighted by Gasteiger charge is 2.29. The molecule has 1 aromatic rings. The third kappa shape index (κ3) is 6.71. The predicted octanol–water partition coefficient (Wildman–Crippen LogP) is 3.42. The maximum absolute atomic E-state index is 12.7. The van der Waals surface area contributed by atoms with Crippen LogP contribution in [-0.4, -0.2) is 67.0 Å². The topological polar surface area (TPSA) is 64.7 Å². The first-order valence-corrected chi connectivity index (χ1v) is 12.8. The van der Waals surface area contributed by atoms with Gasteiger partial charge in [0.2, 0.25) is 5.91 Å². The van der Waals surface area contributed by atoms with Gasteiger partial charge in [0.05, 0.1) is 0 Å². The fourth-order valence-electron chi connectivity index (χ4n) is 5.54. The van der Waals surface area contributed by atoms with E-state index in [0.29, 0.717) is 11.8 Å². The van der Waals surface area contributed by atoms with Gasteiger partial charge in [-0.25, -0.2) is 4.79 Å². The first-order valence-electron chi connectivity index (χ1n) is 12.8. The van der Waals surface area contributed by atoms with Crippen molar-refractivity contribution in [3.63, 3.8) is 0 Å². The van der Waals surface area contributed by atoms with Crippen LogP contribution in [0.5, 0.6) is 0 Å². The molecule has 0 spiro atoms. The van der Waals surface area contributed by atoms with Crippen molar-refractivity contribution in [3.05, 3.63) is 35.9 Å². The molecule has 2 aliphatic heterocycles. The Kier molecular flexibility index (Phi) is 8.43. The molecule has 1 atom stereocenters. The van der Waals surface area contributed by atoms with Crippen molar-refractivity contribution in [1.82, 2.24) is 20.4 Å². The van der Waals surface area contributed by atoms with Crippen LogP contribution in [-0.2, 0) is 11.2 Å². The van der Waals surface area contributed by atoms with E-state index in [-0.39, 0.29) is 18.0 Å². The molecule has 0 aromatic heterocycles. The normalized spacial score (nSPS) is 23.2. The number of carbonyl (C=O) groups excluding carboxylic acids is 2. The third-order valence-electron chi connectivity index (χ3n) is 7.58. The van der Waals surface area contributed by atoms with Crippen molar-refractivity contribution >= 4 is 11.9 Å². The minimum atomic E-state index is -0.0511. The molecule has 6 heteroatoms. The molecule has 32 heavy (non-hydrogen) atoms. The highest BCUT2D eigenvalue weighted by molar-refractivity contribution is 5.79. The highest BCUT2D eigenvalue weighted by Crippen LogP contribution is 2.26. The quantitative estimate of drug-likeness (QED) is 0.683. The Morgan fingerprint density at radius 2 is 1.66 bits per heavy atom. The fourth-order valence-corrected chi connectivity index (χ4v) is 5.54. The van der Waals surface area contributed by atoms with E-state index < -0.39 is 0 Å². The van der Waals surface area contributed by atoms with Crippen molar-refractivity contribution < 1.29 is 9.59 Å². The van der Waals surface area contributed by atoms with Crippen LogP contribution in [0.25, 0.3) is 0 Å². The average Bonchev–Trinajstić information content (AvgIpc) is 3.31. The zero-order valence-corrected chi connectivity index (χ0v) is 19.4. The van der Waals surface area contributed by atoms with Crippen LogP contribution in [0.2, 0.25) is 0 Å². The van der Waals surface area contributed by atoms with Gasteiger partial charge in [0.15, 0.2) is 0 Å². The lowest BCUT2D eigenvalue weighted by Crippen LogP contribution is -2.50. The Morgan fingerprint density at radius 1 is 0.906 bits per heavy atom. The number of benzene rings is 1. The van der Waals surface area contributed by atoms with Gasteiger partial charge < -0.3 is 20.4 Å². The maximum atomic E-state index is 12.7. The second-order valence-electron chi connectivity index (χ2n) is 9.98. The van der Waals surface area contributed by atoms with Crippen LogP contribution < -0.4 is 10.6 Å². The van der Waals surface area contributed by atoms with Crippen molar-refractivity contribution in [3.8, 4) is 0 Å². The SMILES string of the molecule is O=C(NCC1CCN(CCc2ccccc2)C1)NC1CCN(C(=O)C2CCCCC2)CC1. The number of nitrogens with one attached hydrogen (secondary N) is 2. The van der Waals surface area contributed by atoms with E-state index in [1.54, 1.807) is 0 Å². The third-order valence-corrected chi connectivity index (χ3v) is 7.58. The standard InChI is InChI=1S/C26H40N4O2/c31-25(23-9-5-2-6-10-23)30-17-13-24(14-18-30)28-26(32)27-19-22-12-16-29(20-22)15-11-21-7-3-1-4-8-21/h1,3-4,7-8,22-24H,2,5-6,9-20H2,(H2,27,28,32). The summed E-state index contributed by atoms with van der Waals surface area (Å²) < 4.78 is 0. The van der Waals surface area contributed by atoms with Crippen molar-refractivity contribution in [2.24, 2.45) is 11.8 Å². The van der Waals surface area contributed by atoms with Crippen LogP contribution in [0, 0.1) is 11.8 Å². The number of urea groups is 1. The molecule has 2 saturated heterocycles. The zero-order valence-electron chi connectivity index (χ0n) is 19.4. The molecule has 4 rings (SSSR count). The van der Waals surface area contributed by atoms with Crippen LogP contribution in [0.15, 0.2) is 30.3 Å². The molecule has 1 aromatic carbocycles. The predicted molar refractivity (Wildman–Crippen MR) is 127 cm³/mol. The molecule has 0 bridgehead atoms. The maximum Gasteiger partial charge on any atom is 0.315 e. The van der Waals surface area contributed by atoms with Crippen LogP contribution in [0.4, 0.5) is 4.79 Å². The summed E-state index contributed by atoms with van der Waals surface area (Å²) in [4.78, 5) is 29.7. The summed E-state index contributed by atoms with van der Waals surface area (Å²) in [7, 11) is 0. The van der Waals surface area contributed by atoms with Gasteiger partial charge in [-0.15, -0.1) is 0 Å². The van der Waals surface area contributed by atoms with Gasteiger partial charge >= 0.3 is 6.03 Å². The molecule has 2 N–H and O–H groups in total. The minimum Gasteiger partial charge on any atom is -0.342 e. The summed E-state index contributed by atoms with van der Waals surface area (Å²) in [6.45, 7) is 5.57. The summed E-state index contributed by atoms with van der Waals surface area (Å²) in [5.74, 6) is 1.13. The van der Waals surface area contributed by atoms with Gasteiger partial charge in [0.1, 0.15) is 0 Å². The lowest BCUT2D eigenvalue weighted by atomic mass is 9.87. The Hall–Kier alpha value is -2.08. The van der Waals surface area contributed by atoms with E-state index in [1.807, 2.05) is 4.90 Å². The summed E-state index contributed by atoms with van der Waals surface area (Å²) in [6, 6.07) is 10.8. The number of rotatable bonds is 7. The van der Waals surface area contributed by atoms with E-state index in [9.17, 15) is 9.59 Å². The number of carbonyl (C=O) groups is 2. The summed E-state index contributed by atoms with van der Waals surface area (Å²) in [5.41, 5.74) is 1.39. The zero-order chi connectivity index (χ0) is 22.2. The number of hydrogen-bond donors (Lipinski definition) is 2. The first kappa shape index (κ1) is 23.1. The molecule has 176 valence electrons. The molecular formula is C26H40N4O2. The Labute approximate surface area is 193 Å². The number of amides is 3. The van der Waals surface area contributed by atoms with Gasteiger partial charge in [-0.3, -0.25) is 4.79 Å². The van der Waals surface area contributed by atoms with E-state index >= 15 is 0 Å². The van der Waals surface area contributed by atoms with Gasteiger partial charge in [0.25, 0.3) is 0 Å². The number of likely N-dealkylation sites (tertiary alicyclic amines) is 2. The highest BCUT2D eigenvalue weighted by atomic mass is 16.2. The van der Waals surface area contributed by atoms with Gasteiger partial charge in [0, 0.05) is 44.7 Å². The van der Waals surface area contributed by atoms with E-state index in [1.165, 1.54) is 24.8 Å². The van der Waals surface area contributed by atoms with E-state index in [4.69, 9.17) is 0 Å². The number of nitrogens with zero attached hydrogens (tertiary/aromatic N) is 2. The Balaban J connectivity index is 1.09. The molecule has 3 amide bonds. The van der Waals surface area contributed by atoms with Crippen LogP contribution in [0.1, 0.15) is 56.9 Å². The lowest BCUT2D eigenvalue weighted by molar-refractivity contribution is -0.137. The molecule has 1 aliphatic carbocycles. The Morgan fingerprint density at radius 3 is 2.41 bits per heavy atom. The molecular weight excluding hydrogens is 400 g/mol. The largest absolute Gasteiger partial charge is 0.342 e. The monoisotopic (exact) mass is 440 g/mol. The van der Waals surface area contributed by atoms with E-state index in [0.717, 1.165) is 77.8 Å². The van der Waals surface area contributed by atoms with Crippen molar-refractivity contribution in [1.29, 1.82) is 0 Å². The summed E-state index contributed by atoms with van der Waals surface area (Å²) >= 11 is 0. The average molecular weight is 441 g/mol. The molecule has 1 saturated carbocycles. The summed E-state index contributed by atoms with van der Waals surface area (Å²) in [5, 5.41) is 6.23. The van der Waals surface area contributed by atoms with Crippen molar-refractivity contribution in [2.75, 3.05) is 39.3 Å². The van der Waals surface area contributed by atoms with Crippen molar-refractivity contribution in [2.45, 2.75) is 63.8 Å². The van der Waals surface area contributed by atoms with Gasteiger partial charge in [-0.05, 0) is 56.6 Å². The van der Waals surface area contributed by atoms with Crippen LogP contribution in [0.3, 0.4) is 0 Å². The first-order chi connectivity index (χ1) is 15.7. The molecule has 3 fully saturated rings. The van der Waals surface area contributed by atoms with Crippen LogP contribution >= 0.6 is 0 Å². The van der Waals surface area contributed by atoms with Gasteiger partial charge in [-0.2, -0.15) is 0 Å². The molecule has 6 nitrogen and oxygen atoms in total. The second-order valence-corrected chi connectivity index (χ2v) is 9.98. The molecule has 3 aliphatic rings. The minimum absolute atomic E-state index is 0.0511. The number of piperidine rings is 1. The second kappa shape index (κ2) is 11.7. The fraction of sp³-hybridized carbons (Fsp3) is 0.692. The molecule has 0 radical (unpaired) electrons. The lowest BCUT2D eigenvalue weighted by Gasteiger charge is -2.35.